The van der Waals surface area contributed by atoms with Crippen LogP contribution >= 0.6 is 15.9 Å². The summed E-state index contributed by atoms with van der Waals surface area (Å²) >= 11 is 3.49. The highest BCUT2D eigenvalue weighted by Crippen LogP contribution is 2.50. The van der Waals surface area contributed by atoms with Crippen molar-refractivity contribution in [1.29, 1.82) is 5.26 Å². The summed E-state index contributed by atoms with van der Waals surface area (Å²) in [5.74, 6) is 0.0272. The van der Waals surface area contributed by atoms with E-state index >= 15 is 0 Å². The van der Waals surface area contributed by atoms with Crippen molar-refractivity contribution >= 4 is 33.1 Å². The van der Waals surface area contributed by atoms with Gasteiger partial charge in [0.2, 0.25) is 0 Å². The van der Waals surface area contributed by atoms with Crippen LogP contribution in [0.15, 0.2) is 75.7 Å². The van der Waals surface area contributed by atoms with Gasteiger partial charge in [-0.25, -0.2) is 0 Å². The molecule has 0 bridgehead atoms. The Balaban J connectivity index is 1.90. The number of nitrogens with zero attached hydrogens (tertiary/aromatic N) is 3. The van der Waals surface area contributed by atoms with E-state index in [0.717, 1.165) is 40.2 Å². The average molecular weight is 519 g/mol. The first-order chi connectivity index (χ1) is 16.2. The molecule has 0 spiro atoms. The third kappa shape index (κ3) is 4.25. The maximum Gasteiger partial charge on any atom is 0.162 e. The molecule has 4 rings (SSSR count). The van der Waals surface area contributed by atoms with Crippen LogP contribution in [0.3, 0.4) is 0 Å². The van der Waals surface area contributed by atoms with Gasteiger partial charge in [0.25, 0.3) is 0 Å². The fraction of sp³-hybridized carbons (Fsp3) is 0.357. The number of nitriles is 1. The van der Waals surface area contributed by atoms with Crippen molar-refractivity contribution in [2.75, 3.05) is 22.9 Å². The van der Waals surface area contributed by atoms with Gasteiger partial charge in [0, 0.05) is 46.6 Å². The fourth-order valence-electron chi connectivity index (χ4n) is 5.19. The molecule has 5 nitrogen and oxygen atoms in total. The summed E-state index contributed by atoms with van der Waals surface area (Å²) in [6.45, 7) is 10.3. The molecular weight excluding hydrogens is 488 g/mol. The maximum atomic E-state index is 13.6. The highest BCUT2D eigenvalue weighted by Gasteiger charge is 2.44. The molecule has 1 heterocycles. The highest BCUT2D eigenvalue weighted by atomic mass is 79.9. The number of benzene rings is 2. The summed E-state index contributed by atoms with van der Waals surface area (Å²) in [4.78, 5) is 17.8. The van der Waals surface area contributed by atoms with Gasteiger partial charge in [-0.2, -0.15) is 5.26 Å². The Morgan fingerprint density at radius 2 is 1.71 bits per heavy atom. The second-order valence-electron chi connectivity index (χ2n) is 9.72. The molecule has 2 aromatic rings. The summed E-state index contributed by atoms with van der Waals surface area (Å²) < 4.78 is 0.955. The van der Waals surface area contributed by atoms with Crippen molar-refractivity contribution < 1.29 is 4.79 Å². The minimum atomic E-state index is -0.457. The Kier molecular flexibility index (Phi) is 6.60. The Labute approximate surface area is 210 Å². The molecular formula is C28H31BrN4O. The monoisotopic (exact) mass is 518 g/mol. The molecule has 2 aromatic carbocycles. The number of rotatable bonds is 5. The van der Waals surface area contributed by atoms with Gasteiger partial charge >= 0.3 is 0 Å². The van der Waals surface area contributed by atoms with Crippen LogP contribution < -0.4 is 15.5 Å². The van der Waals surface area contributed by atoms with E-state index in [1.807, 2.05) is 41.3 Å². The Bertz CT molecular complexity index is 1200. The van der Waals surface area contributed by atoms with E-state index < -0.39 is 5.92 Å². The predicted molar refractivity (Wildman–Crippen MR) is 141 cm³/mol. The molecule has 2 aliphatic rings. The third-order valence-electron chi connectivity index (χ3n) is 6.82. The number of nitrogens with two attached hydrogens (primary N) is 1. The van der Waals surface area contributed by atoms with E-state index in [1.165, 1.54) is 0 Å². The van der Waals surface area contributed by atoms with E-state index in [9.17, 15) is 10.1 Å². The number of ketones is 1. The van der Waals surface area contributed by atoms with Gasteiger partial charge in [-0.15, -0.1) is 0 Å². The van der Waals surface area contributed by atoms with Gasteiger partial charge < -0.3 is 10.6 Å². The zero-order valence-corrected chi connectivity index (χ0v) is 21.8. The van der Waals surface area contributed by atoms with E-state index in [-0.39, 0.29) is 11.2 Å². The lowest BCUT2D eigenvalue weighted by Gasteiger charge is -2.43. The molecule has 1 aliphatic carbocycles. The summed E-state index contributed by atoms with van der Waals surface area (Å²) in [7, 11) is 0. The number of Topliss-reactive ketones (excluding diaryl/α,β-unsaturated/α-hetero) is 1. The number of hydrogen-bond acceptors (Lipinski definition) is 5. The minimum Gasteiger partial charge on any atom is -0.384 e. The zero-order valence-electron chi connectivity index (χ0n) is 20.2. The zero-order chi connectivity index (χ0) is 24.6. The molecule has 0 aromatic heterocycles. The summed E-state index contributed by atoms with van der Waals surface area (Å²) in [6, 6.07) is 18.4. The van der Waals surface area contributed by atoms with Gasteiger partial charge in [-0.05, 0) is 67.6 Å². The molecule has 0 unspecified atom stereocenters. The number of carbonyl (C=O) groups excluding carboxylic acids is 1. The van der Waals surface area contributed by atoms with E-state index in [1.54, 1.807) is 0 Å². The van der Waals surface area contributed by atoms with Crippen LogP contribution in [0.25, 0.3) is 0 Å². The van der Waals surface area contributed by atoms with Crippen LogP contribution in [0.4, 0.5) is 11.4 Å². The highest BCUT2D eigenvalue weighted by molar-refractivity contribution is 9.10. The SMILES string of the molecule is CCN(CC)c1ccc([C@@H]2C(C#N)=C(N)N(c3ccc(Br)cc3)C3=C2C(=O)CC(C)(C)C3)cc1. The Hall–Kier alpha value is -3.04. The topological polar surface area (TPSA) is 73.4 Å². The van der Waals surface area contributed by atoms with Crippen molar-refractivity contribution in [1.82, 2.24) is 0 Å². The third-order valence-corrected chi connectivity index (χ3v) is 7.35. The number of carbonyl (C=O) groups is 1. The lowest BCUT2D eigenvalue weighted by atomic mass is 9.68. The number of anilines is 2. The van der Waals surface area contributed by atoms with Gasteiger partial charge in [0.05, 0.1) is 17.6 Å². The molecule has 0 amide bonds. The second kappa shape index (κ2) is 9.31. The molecule has 6 heteroatoms. The molecule has 0 radical (unpaired) electrons. The Morgan fingerprint density at radius 3 is 2.26 bits per heavy atom. The quantitative estimate of drug-likeness (QED) is 0.507. The van der Waals surface area contributed by atoms with Crippen molar-refractivity contribution in [3.05, 3.63) is 81.2 Å². The number of allylic oxidation sites excluding steroid dienone is 3. The molecule has 2 N–H and O–H groups in total. The second-order valence-corrected chi connectivity index (χ2v) is 10.6. The van der Waals surface area contributed by atoms with Crippen molar-refractivity contribution in [3.63, 3.8) is 0 Å². The Morgan fingerprint density at radius 1 is 1.09 bits per heavy atom. The number of halogens is 1. The lowest BCUT2D eigenvalue weighted by molar-refractivity contribution is -0.118. The first kappa shape index (κ1) is 24.1. The molecule has 0 fully saturated rings. The molecule has 176 valence electrons. The van der Waals surface area contributed by atoms with E-state index in [0.29, 0.717) is 29.8 Å². The van der Waals surface area contributed by atoms with Crippen molar-refractivity contribution in [2.24, 2.45) is 11.1 Å². The molecule has 1 aliphatic heterocycles. The van der Waals surface area contributed by atoms with E-state index in [2.05, 4.69) is 66.7 Å². The van der Waals surface area contributed by atoms with Crippen molar-refractivity contribution in [3.8, 4) is 6.07 Å². The largest absolute Gasteiger partial charge is 0.384 e. The average Bonchev–Trinajstić information content (AvgIpc) is 2.80. The van der Waals surface area contributed by atoms with Crippen LogP contribution in [0.1, 0.15) is 52.0 Å². The summed E-state index contributed by atoms with van der Waals surface area (Å²) in [6.07, 6.45) is 1.16. The fourth-order valence-corrected chi connectivity index (χ4v) is 5.46. The first-order valence-corrected chi connectivity index (χ1v) is 12.6. The standard InChI is InChI=1S/C28H31BrN4O/c1-5-32(6-2)20-11-7-18(8-12-20)25-22(17-30)27(31)33(21-13-9-19(29)10-14-21)23-15-28(3,4)16-24(34)26(23)25/h7-14,25H,5-6,15-16,31H2,1-4H3/t25-/m1/s1. The molecule has 0 saturated heterocycles. The minimum absolute atomic E-state index is 0.0893. The van der Waals surface area contributed by atoms with Crippen LogP contribution in [-0.2, 0) is 4.79 Å². The van der Waals surface area contributed by atoms with Gasteiger partial charge in [0.1, 0.15) is 5.82 Å². The predicted octanol–water partition coefficient (Wildman–Crippen LogP) is 6.24. The van der Waals surface area contributed by atoms with Gasteiger partial charge in [-0.1, -0.05) is 41.9 Å². The summed E-state index contributed by atoms with van der Waals surface area (Å²) in [5.41, 5.74) is 11.4. The lowest BCUT2D eigenvalue weighted by Crippen LogP contribution is -2.42. The first-order valence-electron chi connectivity index (χ1n) is 11.8. The van der Waals surface area contributed by atoms with E-state index in [4.69, 9.17) is 5.73 Å². The normalized spacial score (nSPS) is 19.7. The van der Waals surface area contributed by atoms with Crippen LogP contribution in [0.2, 0.25) is 0 Å². The van der Waals surface area contributed by atoms with Crippen LogP contribution in [0, 0.1) is 16.7 Å². The smallest absolute Gasteiger partial charge is 0.162 e. The maximum absolute atomic E-state index is 13.6. The summed E-state index contributed by atoms with van der Waals surface area (Å²) in [5, 5.41) is 10.2. The van der Waals surface area contributed by atoms with Crippen molar-refractivity contribution in [2.45, 2.75) is 46.5 Å². The molecule has 1 atom stereocenters. The number of hydrogen-bond donors (Lipinski definition) is 1. The van der Waals surface area contributed by atoms with Gasteiger partial charge in [-0.3, -0.25) is 9.69 Å². The molecule has 34 heavy (non-hydrogen) atoms. The van der Waals surface area contributed by atoms with Crippen LogP contribution in [0.5, 0.6) is 0 Å². The molecule has 0 saturated carbocycles. The van der Waals surface area contributed by atoms with Gasteiger partial charge in [0.15, 0.2) is 5.78 Å². The van der Waals surface area contributed by atoms with Crippen LogP contribution in [-0.4, -0.2) is 18.9 Å².